The Hall–Kier alpha value is -2.81. The Labute approximate surface area is 134 Å². The molecule has 1 atom stereocenters. The molecule has 2 aromatic rings. The van der Waals surface area contributed by atoms with Crippen molar-refractivity contribution < 1.29 is 8.81 Å². The largest absolute Gasteiger partial charge is 0.464 e. The van der Waals surface area contributed by atoms with Crippen LogP contribution in [0.25, 0.3) is 0 Å². The number of nitrogens with zero attached hydrogens (tertiary/aromatic N) is 2. The van der Waals surface area contributed by atoms with E-state index in [0.717, 1.165) is 11.5 Å². The third kappa shape index (κ3) is 4.33. The zero-order chi connectivity index (χ0) is 16.8. The van der Waals surface area contributed by atoms with Crippen molar-refractivity contribution in [3.63, 3.8) is 0 Å². The molecule has 1 unspecified atom stereocenters. The SMILES string of the molecule is CN=C(NCc1ccc(C#N)cc1F)NC(C)c1ccc(C)o1. The minimum atomic E-state index is -0.415. The van der Waals surface area contributed by atoms with E-state index in [4.69, 9.17) is 9.68 Å². The van der Waals surface area contributed by atoms with Crippen molar-refractivity contribution in [2.75, 3.05) is 7.05 Å². The molecule has 0 saturated heterocycles. The number of furan rings is 1. The van der Waals surface area contributed by atoms with Crippen LogP contribution < -0.4 is 10.6 Å². The lowest BCUT2D eigenvalue weighted by molar-refractivity contribution is 0.441. The third-order valence-electron chi connectivity index (χ3n) is 3.39. The number of benzene rings is 1. The molecule has 0 fully saturated rings. The summed E-state index contributed by atoms with van der Waals surface area (Å²) in [4.78, 5) is 4.12. The highest BCUT2D eigenvalue weighted by atomic mass is 19.1. The molecule has 1 aromatic carbocycles. The molecule has 120 valence electrons. The summed E-state index contributed by atoms with van der Waals surface area (Å²) in [7, 11) is 1.64. The minimum Gasteiger partial charge on any atom is -0.464 e. The van der Waals surface area contributed by atoms with Gasteiger partial charge in [-0.15, -0.1) is 0 Å². The van der Waals surface area contributed by atoms with E-state index in [9.17, 15) is 4.39 Å². The van der Waals surface area contributed by atoms with Gasteiger partial charge in [0.05, 0.1) is 17.7 Å². The molecule has 2 N–H and O–H groups in total. The molecule has 1 aromatic heterocycles. The van der Waals surface area contributed by atoms with Crippen LogP contribution in [0.5, 0.6) is 0 Å². The van der Waals surface area contributed by atoms with Crippen molar-refractivity contribution in [3.8, 4) is 6.07 Å². The summed E-state index contributed by atoms with van der Waals surface area (Å²) in [5.74, 6) is 1.77. The van der Waals surface area contributed by atoms with E-state index in [2.05, 4.69) is 15.6 Å². The number of aliphatic imine (C=N–C) groups is 1. The number of rotatable bonds is 4. The van der Waals surface area contributed by atoms with Gasteiger partial charge in [0.2, 0.25) is 0 Å². The molecule has 6 heteroatoms. The number of hydrogen-bond acceptors (Lipinski definition) is 3. The first-order valence-electron chi connectivity index (χ1n) is 7.25. The molecule has 23 heavy (non-hydrogen) atoms. The van der Waals surface area contributed by atoms with Crippen molar-refractivity contribution >= 4 is 5.96 Å². The average Bonchev–Trinajstić information content (AvgIpc) is 2.98. The number of hydrogen-bond donors (Lipinski definition) is 2. The van der Waals surface area contributed by atoms with Crippen LogP contribution in [0.15, 0.2) is 39.7 Å². The number of nitrogens with one attached hydrogen (secondary N) is 2. The van der Waals surface area contributed by atoms with Gasteiger partial charge < -0.3 is 15.1 Å². The maximum Gasteiger partial charge on any atom is 0.191 e. The number of nitriles is 1. The van der Waals surface area contributed by atoms with Crippen molar-refractivity contribution in [1.29, 1.82) is 5.26 Å². The molecule has 0 radical (unpaired) electrons. The van der Waals surface area contributed by atoms with Gasteiger partial charge in [0.1, 0.15) is 17.3 Å². The second-order valence-corrected chi connectivity index (χ2v) is 5.16. The molecule has 0 amide bonds. The minimum absolute atomic E-state index is 0.0688. The number of guanidine groups is 1. The number of halogens is 1. The average molecular weight is 314 g/mol. The van der Waals surface area contributed by atoms with Crippen molar-refractivity contribution in [2.24, 2.45) is 4.99 Å². The smallest absolute Gasteiger partial charge is 0.191 e. The van der Waals surface area contributed by atoms with Gasteiger partial charge in [-0.05, 0) is 38.1 Å². The fourth-order valence-corrected chi connectivity index (χ4v) is 2.10. The second kappa shape index (κ2) is 7.45. The van der Waals surface area contributed by atoms with E-state index in [1.54, 1.807) is 19.2 Å². The summed E-state index contributed by atoms with van der Waals surface area (Å²) >= 11 is 0. The predicted octanol–water partition coefficient (Wildman–Crippen LogP) is 3.03. The Kier molecular flexibility index (Phi) is 5.36. The first-order valence-corrected chi connectivity index (χ1v) is 7.25. The lowest BCUT2D eigenvalue weighted by atomic mass is 10.1. The summed E-state index contributed by atoms with van der Waals surface area (Å²) < 4.78 is 19.4. The zero-order valence-electron chi connectivity index (χ0n) is 13.4. The van der Waals surface area contributed by atoms with Crippen LogP contribution in [0.2, 0.25) is 0 Å². The zero-order valence-corrected chi connectivity index (χ0v) is 13.4. The van der Waals surface area contributed by atoms with Gasteiger partial charge in [0, 0.05) is 19.2 Å². The molecule has 1 heterocycles. The van der Waals surface area contributed by atoms with Gasteiger partial charge in [0.25, 0.3) is 0 Å². The van der Waals surface area contributed by atoms with E-state index >= 15 is 0 Å². The van der Waals surface area contributed by atoms with E-state index in [1.807, 2.05) is 32.0 Å². The second-order valence-electron chi connectivity index (χ2n) is 5.16. The van der Waals surface area contributed by atoms with Gasteiger partial charge in [0.15, 0.2) is 5.96 Å². The quantitative estimate of drug-likeness (QED) is 0.672. The van der Waals surface area contributed by atoms with Gasteiger partial charge >= 0.3 is 0 Å². The normalized spacial score (nSPS) is 12.6. The summed E-state index contributed by atoms with van der Waals surface area (Å²) in [5, 5.41) is 15.0. The molecule has 2 rings (SSSR count). The van der Waals surface area contributed by atoms with Crippen molar-refractivity contribution in [3.05, 3.63) is 58.8 Å². The van der Waals surface area contributed by atoms with Crippen LogP contribution >= 0.6 is 0 Å². The van der Waals surface area contributed by atoms with Gasteiger partial charge in [-0.3, -0.25) is 4.99 Å². The maximum atomic E-state index is 13.9. The van der Waals surface area contributed by atoms with Gasteiger partial charge in [-0.1, -0.05) is 6.07 Å². The van der Waals surface area contributed by atoms with E-state index in [0.29, 0.717) is 17.1 Å². The van der Waals surface area contributed by atoms with Gasteiger partial charge in [-0.25, -0.2) is 4.39 Å². The monoisotopic (exact) mass is 314 g/mol. The van der Waals surface area contributed by atoms with Crippen LogP contribution in [0.1, 0.15) is 35.6 Å². The third-order valence-corrected chi connectivity index (χ3v) is 3.39. The molecule has 0 bridgehead atoms. The molecule has 0 aliphatic heterocycles. The maximum absolute atomic E-state index is 13.9. The molecule has 0 spiro atoms. The van der Waals surface area contributed by atoms with Gasteiger partial charge in [-0.2, -0.15) is 5.26 Å². The van der Waals surface area contributed by atoms with Crippen molar-refractivity contribution in [2.45, 2.75) is 26.4 Å². The summed E-state index contributed by atoms with van der Waals surface area (Å²) in [5.41, 5.74) is 0.768. The molecule has 0 aliphatic rings. The van der Waals surface area contributed by atoms with E-state index in [-0.39, 0.29) is 12.6 Å². The summed E-state index contributed by atoms with van der Waals surface area (Å²) in [6.45, 7) is 4.10. The van der Waals surface area contributed by atoms with E-state index < -0.39 is 5.82 Å². The predicted molar refractivity (Wildman–Crippen MR) is 86.3 cm³/mol. The Morgan fingerprint density at radius 2 is 2.17 bits per heavy atom. The van der Waals surface area contributed by atoms with Crippen LogP contribution in [0.3, 0.4) is 0 Å². The number of aryl methyl sites for hydroxylation is 1. The van der Waals surface area contributed by atoms with Crippen LogP contribution in [0.4, 0.5) is 4.39 Å². The Morgan fingerprint density at radius 1 is 1.39 bits per heavy atom. The highest BCUT2D eigenvalue weighted by Crippen LogP contribution is 2.15. The molecule has 0 saturated carbocycles. The summed E-state index contributed by atoms with van der Waals surface area (Å²) in [6.07, 6.45) is 0. The van der Waals surface area contributed by atoms with Crippen molar-refractivity contribution in [1.82, 2.24) is 10.6 Å². The van der Waals surface area contributed by atoms with E-state index in [1.165, 1.54) is 6.07 Å². The summed E-state index contributed by atoms with van der Waals surface area (Å²) in [6, 6.07) is 10.0. The fraction of sp³-hybridized carbons (Fsp3) is 0.294. The standard InChI is InChI=1S/C17H19FN4O/c1-11-4-7-16(23-11)12(2)22-17(20-3)21-10-14-6-5-13(9-19)8-15(14)18/h4-8,12H,10H2,1-3H3,(H2,20,21,22). The first kappa shape index (κ1) is 16.6. The molecule has 5 nitrogen and oxygen atoms in total. The highest BCUT2D eigenvalue weighted by molar-refractivity contribution is 5.80. The Bertz CT molecular complexity index is 745. The fourth-order valence-electron chi connectivity index (χ4n) is 2.10. The Balaban J connectivity index is 1.97. The van der Waals surface area contributed by atoms with Crippen LogP contribution in [-0.4, -0.2) is 13.0 Å². The molecular weight excluding hydrogens is 295 g/mol. The lowest BCUT2D eigenvalue weighted by Crippen LogP contribution is -2.38. The first-order chi connectivity index (χ1) is 11.0. The lowest BCUT2D eigenvalue weighted by Gasteiger charge is -2.16. The topological polar surface area (TPSA) is 73.3 Å². The molecule has 0 aliphatic carbocycles. The Morgan fingerprint density at radius 3 is 2.74 bits per heavy atom. The molecular formula is C17H19FN4O. The van der Waals surface area contributed by atoms with Crippen LogP contribution in [-0.2, 0) is 6.54 Å². The van der Waals surface area contributed by atoms with Crippen LogP contribution in [0, 0.1) is 24.1 Å². The highest BCUT2D eigenvalue weighted by Gasteiger charge is 2.12.